The van der Waals surface area contributed by atoms with Gasteiger partial charge in [0.15, 0.2) is 0 Å². The number of rotatable bonds is 9. The van der Waals surface area contributed by atoms with Crippen molar-refractivity contribution in [2.45, 2.75) is 44.9 Å². The summed E-state index contributed by atoms with van der Waals surface area (Å²) in [7, 11) is 0. The quantitative estimate of drug-likeness (QED) is 0.553. The number of nitrogens with zero attached hydrogens (tertiary/aromatic N) is 2. The molecule has 0 unspecified atom stereocenters. The summed E-state index contributed by atoms with van der Waals surface area (Å²) < 4.78 is 41.8. The van der Waals surface area contributed by atoms with Gasteiger partial charge in [-0.15, -0.1) is 0 Å². The van der Waals surface area contributed by atoms with Crippen LogP contribution in [0.2, 0.25) is 0 Å². The number of halogens is 3. The van der Waals surface area contributed by atoms with Crippen LogP contribution in [0.4, 0.5) is 13.2 Å². The molecular weight excluding hydrogens is 417 g/mol. The van der Waals surface area contributed by atoms with Crippen LogP contribution in [0, 0.1) is 28.6 Å². The summed E-state index contributed by atoms with van der Waals surface area (Å²) in [5.41, 5.74) is 2.25. The number of benzene rings is 2. The van der Waals surface area contributed by atoms with Crippen molar-refractivity contribution >= 4 is 5.91 Å². The Morgan fingerprint density at radius 3 is 2.25 bits per heavy atom. The molecule has 2 rings (SSSR count). The number of alkyl halides is 3. The lowest BCUT2D eigenvalue weighted by Gasteiger charge is -2.28. The van der Waals surface area contributed by atoms with Gasteiger partial charge in [-0.05, 0) is 34.6 Å². The number of amides is 1. The van der Waals surface area contributed by atoms with Crippen LogP contribution in [0.3, 0.4) is 0 Å². The van der Waals surface area contributed by atoms with E-state index in [9.17, 15) is 18.0 Å². The van der Waals surface area contributed by atoms with E-state index in [0.29, 0.717) is 5.56 Å². The Morgan fingerprint density at radius 2 is 1.69 bits per heavy atom. The first kappa shape index (κ1) is 24.9. The van der Waals surface area contributed by atoms with Crippen LogP contribution in [0.25, 0.3) is 11.1 Å². The van der Waals surface area contributed by atoms with Crippen molar-refractivity contribution in [1.82, 2.24) is 10.6 Å². The molecule has 2 N–H and O–H groups in total. The average molecular weight is 442 g/mol. The van der Waals surface area contributed by atoms with E-state index in [-0.39, 0.29) is 30.9 Å². The minimum absolute atomic E-state index is 0.0270. The van der Waals surface area contributed by atoms with Crippen molar-refractivity contribution in [3.63, 3.8) is 0 Å². The number of nitriles is 2. The summed E-state index contributed by atoms with van der Waals surface area (Å²) in [4.78, 5) is 12.4. The fraction of sp³-hybridized carbons (Fsp3) is 0.375. The lowest BCUT2D eigenvalue weighted by Crippen LogP contribution is -2.49. The van der Waals surface area contributed by atoms with Crippen molar-refractivity contribution in [3.8, 4) is 23.3 Å². The summed E-state index contributed by atoms with van der Waals surface area (Å²) in [5, 5.41) is 22.5. The molecule has 0 heterocycles. The molecule has 32 heavy (non-hydrogen) atoms. The molecule has 1 amide bonds. The van der Waals surface area contributed by atoms with Crippen LogP contribution in [0.15, 0.2) is 48.5 Å². The van der Waals surface area contributed by atoms with Gasteiger partial charge in [0, 0.05) is 0 Å². The molecule has 0 aliphatic carbocycles. The molecule has 0 aliphatic rings. The second-order valence-corrected chi connectivity index (χ2v) is 7.81. The normalized spacial score (nSPS) is 13.1. The summed E-state index contributed by atoms with van der Waals surface area (Å²) in [5.74, 6) is -0.676. The predicted molar refractivity (Wildman–Crippen MR) is 115 cm³/mol. The largest absolute Gasteiger partial charge is 0.407 e. The van der Waals surface area contributed by atoms with Crippen molar-refractivity contribution < 1.29 is 18.0 Å². The average Bonchev–Trinajstić information content (AvgIpc) is 2.74. The van der Waals surface area contributed by atoms with Gasteiger partial charge in [-0.3, -0.25) is 10.1 Å². The minimum Gasteiger partial charge on any atom is -0.342 e. The standard InChI is InChI=1S/C24H25F3N4O/c1-16(2)15-21(23(32)30-14-13-29)31-22(24(25,26)27)19-9-7-18(8-10-19)20-6-4-3-5-17(20)11-12-28/h3-10,16,21-22,31H,11,14-15H2,1-2H3,(H,30,32)/t21-,22-/m0/s1. The Kier molecular flexibility index (Phi) is 8.80. The van der Waals surface area contributed by atoms with Gasteiger partial charge in [0.05, 0.1) is 24.6 Å². The van der Waals surface area contributed by atoms with Gasteiger partial charge < -0.3 is 5.32 Å². The third-order valence-electron chi connectivity index (χ3n) is 4.90. The third kappa shape index (κ3) is 6.83. The van der Waals surface area contributed by atoms with Gasteiger partial charge in [-0.25, -0.2) is 0 Å². The fourth-order valence-corrected chi connectivity index (χ4v) is 3.45. The third-order valence-corrected chi connectivity index (χ3v) is 4.90. The van der Waals surface area contributed by atoms with Gasteiger partial charge in [-0.1, -0.05) is 62.4 Å². The Labute approximate surface area is 185 Å². The van der Waals surface area contributed by atoms with E-state index in [1.165, 1.54) is 12.1 Å². The highest BCUT2D eigenvalue weighted by atomic mass is 19.4. The number of hydrogen-bond acceptors (Lipinski definition) is 4. The highest BCUT2D eigenvalue weighted by Gasteiger charge is 2.42. The van der Waals surface area contributed by atoms with Gasteiger partial charge in [0.1, 0.15) is 12.6 Å². The zero-order valence-corrected chi connectivity index (χ0v) is 17.9. The fourth-order valence-electron chi connectivity index (χ4n) is 3.45. The van der Waals surface area contributed by atoms with Crippen molar-refractivity contribution in [2.24, 2.45) is 5.92 Å². The van der Waals surface area contributed by atoms with Gasteiger partial charge in [-0.2, -0.15) is 23.7 Å². The summed E-state index contributed by atoms with van der Waals surface area (Å²) in [6, 6.07) is 13.8. The summed E-state index contributed by atoms with van der Waals surface area (Å²) >= 11 is 0. The molecule has 0 bridgehead atoms. The molecule has 2 aromatic rings. The maximum absolute atomic E-state index is 13.9. The van der Waals surface area contributed by atoms with Crippen molar-refractivity contribution in [2.75, 3.05) is 6.54 Å². The molecule has 0 spiro atoms. The molecular formula is C24H25F3N4O. The smallest absolute Gasteiger partial charge is 0.342 e. The molecule has 0 aliphatic heterocycles. The first-order valence-corrected chi connectivity index (χ1v) is 10.2. The topological polar surface area (TPSA) is 88.7 Å². The second kappa shape index (κ2) is 11.3. The first-order chi connectivity index (χ1) is 15.2. The van der Waals surface area contributed by atoms with E-state index in [1.54, 1.807) is 30.3 Å². The highest BCUT2D eigenvalue weighted by molar-refractivity contribution is 5.82. The van der Waals surface area contributed by atoms with E-state index in [4.69, 9.17) is 10.5 Å². The zero-order chi connectivity index (χ0) is 23.7. The van der Waals surface area contributed by atoms with E-state index < -0.39 is 24.2 Å². The van der Waals surface area contributed by atoms with Crippen LogP contribution >= 0.6 is 0 Å². The number of hydrogen-bond donors (Lipinski definition) is 2. The Morgan fingerprint density at radius 1 is 1.03 bits per heavy atom. The highest BCUT2D eigenvalue weighted by Crippen LogP contribution is 2.35. The van der Waals surface area contributed by atoms with Crippen molar-refractivity contribution in [1.29, 1.82) is 10.5 Å². The number of carbonyl (C=O) groups is 1. The molecule has 5 nitrogen and oxygen atoms in total. The maximum Gasteiger partial charge on any atom is 0.407 e. The van der Waals surface area contributed by atoms with Crippen LogP contribution in [-0.4, -0.2) is 24.7 Å². The summed E-state index contributed by atoms with van der Waals surface area (Å²) in [6.45, 7) is 3.34. The Balaban J connectivity index is 2.34. The van der Waals surface area contributed by atoms with Gasteiger partial charge in [0.25, 0.3) is 0 Å². The predicted octanol–water partition coefficient (Wildman–Crippen LogP) is 4.67. The first-order valence-electron chi connectivity index (χ1n) is 10.2. The molecule has 0 radical (unpaired) electrons. The molecule has 0 saturated carbocycles. The lowest BCUT2D eigenvalue weighted by molar-refractivity contribution is -0.161. The van der Waals surface area contributed by atoms with E-state index >= 15 is 0 Å². The summed E-state index contributed by atoms with van der Waals surface area (Å²) in [6.07, 6.45) is -4.26. The van der Waals surface area contributed by atoms with Crippen LogP contribution in [0.1, 0.15) is 37.4 Å². The van der Waals surface area contributed by atoms with Crippen LogP contribution in [0.5, 0.6) is 0 Å². The van der Waals surface area contributed by atoms with E-state index in [1.807, 2.05) is 26.0 Å². The monoisotopic (exact) mass is 442 g/mol. The molecule has 2 aromatic carbocycles. The van der Waals surface area contributed by atoms with E-state index in [2.05, 4.69) is 16.7 Å². The molecule has 168 valence electrons. The number of nitrogens with one attached hydrogen (secondary N) is 2. The van der Waals surface area contributed by atoms with E-state index in [0.717, 1.165) is 11.1 Å². The molecule has 0 aromatic heterocycles. The maximum atomic E-state index is 13.9. The Bertz CT molecular complexity index is 988. The second-order valence-electron chi connectivity index (χ2n) is 7.81. The van der Waals surface area contributed by atoms with Crippen molar-refractivity contribution in [3.05, 3.63) is 59.7 Å². The van der Waals surface area contributed by atoms with Crippen LogP contribution < -0.4 is 10.6 Å². The molecule has 2 atom stereocenters. The lowest BCUT2D eigenvalue weighted by atomic mass is 9.95. The Hall–Kier alpha value is -3.36. The number of carbonyl (C=O) groups excluding carboxylic acids is 1. The van der Waals surface area contributed by atoms with Gasteiger partial charge in [0.2, 0.25) is 5.91 Å². The van der Waals surface area contributed by atoms with Gasteiger partial charge >= 0.3 is 6.18 Å². The molecule has 0 saturated heterocycles. The SMILES string of the molecule is CC(C)C[C@H](N[C@@H](c1ccc(-c2ccccc2CC#N)cc1)C(F)(F)F)C(=O)NCC#N. The molecule has 8 heteroatoms. The minimum atomic E-state index is -4.63. The van der Waals surface area contributed by atoms with Crippen LogP contribution in [-0.2, 0) is 11.2 Å². The zero-order valence-electron chi connectivity index (χ0n) is 17.9. The molecule has 0 fully saturated rings.